The normalized spacial score (nSPS) is 10.3. The number of pyridine rings is 1. The Morgan fingerprint density at radius 3 is 2.92 bits per heavy atom. The lowest BCUT2D eigenvalue weighted by Crippen LogP contribution is -2.00. The highest BCUT2D eigenvalue weighted by molar-refractivity contribution is 6.27. The Bertz CT molecular complexity index is 421. The third-order valence-corrected chi connectivity index (χ3v) is 2.17. The second kappa shape index (κ2) is 3.23. The zero-order valence-corrected chi connectivity index (χ0v) is 7.99. The van der Waals surface area contributed by atoms with E-state index in [-0.39, 0.29) is 0 Å². The van der Waals surface area contributed by atoms with Crippen molar-refractivity contribution in [2.75, 3.05) is 11.5 Å². The zero-order valence-electron chi connectivity index (χ0n) is 7.24. The molecule has 2 rings (SSSR count). The summed E-state index contributed by atoms with van der Waals surface area (Å²) in [7, 11) is 1.81. The van der Waals surface area contributed by atoms with Gasteiger partial charge < -0.3 is 0 Å². The molecular formula is C10H9ClN2. The lowest BCUT2D eigenvalue weighted by molar-refractivity contribution is 1.33. The van der Waals surface area contributed by atoms with E-state index in [0.717, 1.165) is 16.5 Å². The predicted molar refractivity (Wildman–Crippen MR) is 56.0 cm³/mol. The average Bonchev–Trinajstić information content (AvgIpc) is 2.17. The third-order valence-electron chi connectivity index (χ3n) is 1.99. The van der Waals surface area contributed by atoms with Gasteiger partial charge in [0.2, 0.25) is 0 Å². The molecule has 0 unspecified atom stereocenters. The Hall–Kier alpha value is -1.28. The van der Waals surface area contributed by atoms with Crippen LogP contribution in [0.4, 0.5) is 5.69 Å². The van der Waals surface area contributed by atoms with E-state index in [0.29, 0.717) is 0 Å². The molecule has 0 aliphatic carbocycles. The van der Waals surface area contributed by atoms with Crippen molar-refractivity contribution in [1.29, 1.82) is 0 Å². The SMILES string of the molecule is CN(Cl)c1cccc2ccncc12. The fourth-order valence-electron chi connectivity index (χ4n) is 1.37. The molecule has 0 radical (unpaired) electrons. The van der Waals surface area contributed by atoms with Gasteiger partial charge in [0.15, 0.2) is 0 Å². The van der Waals surface area contributed by atoms with Crippen LogP contribution in [0.1, 0.15) is 0 Å². The van der Waals surface area contributed by atoms with E-state index in [2.05, 4.69) is 4.98 Å². The number of aromatic nitrogens is 1. The van der Waals surface area contributed by atoms with Gasteiger partial charge in [-0.25, -0.2) is 0 Å². The number of nitrogens with zero attached hydrogens (tertiary/aromatic N) is 2. The maximum atomic E-state index is 5.89. The van der Waals surface area contributed by atoms with E-state index in [1.165, 1.54) is 0 Å². The van der Waals surface area contributed by atoms with Gasteiger partial charge >= 0.3 is 0 Å². The molecule has 0 bridgehead atoms. The summed E-state index contributed by atoms with van der Waals surface area (Å²) in [6.07, 6.45) is 3.60. The summed E-state index contributed by atoms with van der Waals surface area (Å²) in [4.78, 5) is 4.07. The molecule has 13 heavy (non-hydrogen) atoms. The topological polar surface area (TPSA) is 16.1 Å². The molecule has 0 saturated carbocycles. The summed E-state index contributed by atoms with van der Waals surface area (Å²) in [6, 6.07) is 7.97. The Morgan fingerprint density at radius 1 is 1.31 bits per heavy atom. The lowest BCUT2D eigenvalue weighted by Gasteiger charge is -2.11. The molecule has 3 heteroatoms. The molecule has 66 valence electrons. The molecular weight excluding hydrogens is 184 g/mol. The molecule has 0 fully saturated rings. The van der Waals surface area contributed by atoms with Gasteiger partial charge in [0.25, 0.3) is 0 Å². The Morgan fingerprint density at radius 2 is 2.15 bits per heavy atom. The van der Waals surface area contributed by atoms with Crippen molar-refractivity contribution in [1.82, 2.24) is 4.98 Å². The van der Waals surface area contributed by atoms with Gasteiger partial charge in [-0.05, 0) is 17.5 Å². The second-order valence-electron chi connectivity index (χ2n) is 2.85. The molecule has 1 aromatic heterocycles. The minimum absolute atomic E-state index is 0.979. The van der Waals surface area contributed by atoms with Crippen molar-refractivity contribution < 1.29 is 0 Å². The van der Waals surface area contributed by atoms with Crippen LogP contribution in [0.2, 0.25) is 0 Å². The number of halogens is 1. The van der Waals surface area contributed by atoms with Crippen LogP contribution in [0.15, 0.2) is 36.7 Å². The molecule has 0 N–H and O–H groups in total. The summed E-state index contributed by atoms with van der Waals surface area (Å²) in [5.74, 6) is 0. The number of rotatable bonds is 1. The molecule has 0 aliphatic rings. The first kappa shape index (κ1) is 8.32. The van der Waals surface area contributed by atoms with Gasteiger partial charge in [0.05, 0.1) is 5.69 Å². The summed E-state index contributed by atoms with van der Waals surface area (Å²) in [5, 5.41) is 2.22. The van der Waals surface area contributed by atoms with Gasteiger partial charge in [0, 0.05) is 36.6 Å². The van der Waals surface area contributed by atoms with E-state index in [9.17, 15) is 0 Å². The van der Waals surface area contributed by atoms with Crippen molar-refractivity contribution in [3.8, 4) is 0 Å². The van der Waals surface area contributed by atoms with Crippen molar-refractivity contribution in [3.05, 3.63) is 36.7 Å². The predicted octanol–water partition coefficient (Wildman–Crippen LogP) is 2.82. The van der Waals surface area contributed by atoms with Gasteiger partial charge in [-0.2, -0.15) is 0 Å². The van der Waals surface area contributed by atoms with E-state index >= 15 is 0 Å². The molecule has 2 aromatic rings. The molecule has 0 amide bonds. The minimum atomic E-state index is 0.979. The summed E-state index contributed by atoms with van der Waals surface area (Å²) in [5.41, 5.74) is 0.979. The molecule has 0 saturated heterocycles. The second-order valence-corrected chi connectivity index (χ2v) is 3.36. The molecule has 0 aliphatic heterocycles. The molecule has 0 atom stereocenters. The van der Waals surface area contributed by atoms with Crippen LogP contribution >= 0.6 is 11.8 Å². The largest absolute Gasteiger partial charge is 0.288 e. The van der Waals surface area contributed by atoms with Crippen molar-refractivity contribution in [2.24, 2.45) is 0 Å². The Kier molecular flexibility index (Phi) is 2.07. The minimum Gasteiger partial charge on any atom is -0.288 e. The number of hydrogen-bond donors (Lipinski definition) is 0. The molecule has 1 heterocycles. The molecule has 2 nitrogen and oxygen atoms in total. The average molecular weight is 193 g/mol. The van der Waals surface area contributed by atoms with E-state index in [1.807, 2.05) is 37.5 Å². The van der Waals surface area contributed by atoms with Crippen LogP contribution < -0.4 is 4.42 Å². The quantitative estimate of drug-likeness (QED) is 0.646. The maximum Gasteiger partial charge on any atom is 0.0613 e. The first-order valence-corrected chi connectivity index (χ1v) is 4.35. The molecule has 0 spiro atoms. The van der Waals surface area contributed by atoms with Crippen molar-refractivity contribution >= 4 is 28.2 Å². The maximum absolute atomic E-state index is 5.89. The van der Waals surface area contributed by atoms with Crippen LogP contribution in [0.5, 0.6) is 0 Å². The summed E-state index contributed by atoms with van der Waals surface area (Å²) >= 11 is 5.89. The number of benzene rings is 1. The number of anilines is 1. The van der Waals surface area contributed by atoms with Crippen LogP contribution in [0.25, 0.3) is 10.8 Å². The zero-order chi connectivity index (χ0) is 9.26. The number of fused-ring (bicyclic) bond motifs is 1. The highest BCUT2D eigenvalue weighted by atomic mass is 35.5. The Balaban J connectivity index is 2.76. The van der Waals surface area contributed by atoms with Gasteiger partial charge in [-0.3, -0.25) is 9.40 Å². The lowest BCUT2D eigenvalue weighted by atomic mass is 10.1. The highest BCUT2D eigenvalue weighted by Crippen LogP contribution is 2.25. The van der Waals surface area contributed by atoms with Crippen LogP contribution in [0, 0.1) is 0 Å². The third kappa shape index (κ3) is 1.45. The van der Waals surface area contributed by atoms with Crippen molar-refractivity contribution in [3.63, 3.8) is 0 Å². The van der Waals surface area contributed by atoms with E-state index < -0.39 is 0 Å². The van der Waals surface area contributed by atoms with Crippen LogP contribution in [0.3, 0.4) is 0 Å². The van der Waals surface area contributed by atoms with Crippen LogP contribution in [-0.4, -0.2) is 12.0 Å². The van der Waals surface area contributed by atoms with Gasteiger partial charge in [0.1, 0.15) is 0 Å². The Labute approximate surface area is 81.9 Å². The van der Waals surface area contributed by atoms with Crippen molar-refractivity contribution in [2.45, 2.75) is 0 Å². The first-order valence-electron chi connectivity index (χ1n) is 4.01. The smallest absolute Gasteiger partial charge is 0.0613 e. The fourth-order valence-corrected chi connectivity index (χ4v) is 1.51. The number of hydrogen-bond acceptors (Lipinski definition) is 2. The molecule has 1 aromatic carbocycles. The van der Waals surface area contributed by atoms with Gasteiger partial charge in [-0.15, -0.1) is 0 Å². The van der Waals surface area contributed by atoms with Gasteiger partial charge in [-0.1, -0.05) is 12.1 Å². The monoisotopic (exact) mass is 192 g/mol. The van der Waals surface area contributed by atoms with E-state index in [4.69, 9.17) is 11.8 Å². The van der Waals surface area contributed by atoms with Crippen LogP contribution in [-0.2, 0) is 0 Å². The first-order chi connectivity index (χ1) is 6.29. The highest BCUT2D eigenvalue weighted by Gasteiger charge is 2.02. The fraction of sp³-hybridized carbons (Fsp3) is 0.100. The summed E-state index contributed by atoms with van der Waals surface area (Å²) in [6.45, 7) is 0. The van der Waals surface area contributed by atoms with E-state index in [1.54, 1.807) is 10.6 Å². The standard InChI is InChI=1S/C10H9ClN2/c1-13(11)10-4-2-3-8-5-6-12-7-9(8)10/h2-7H,1H3. The summed E-state index contributed by atoms with van der Waals surface area (Å²) < 4.78 is 1.57.